The topological polar surface area (TPSA) is 57.9 Å². The molecule has 1 saturated heterocycles. The highest BCUT2D eigenvalue weighted by atomic mass is 15.3. The van der Waals surface area contributed by atoms with Crippen molar-refractivity contribution in [2.45, 2.75) is 12.8 Å². The Hall–Kier alpha value is -1.03. The molecule has 0 spiro atoms. The number of nitrogens with two attached hydrogens (primary N) is 1. The summed E-state index contributed by atoms with van der Waals surface area (Å²) >= 11 is 0. The van der Waals surface area contributed by atoms with Gasteiger partial charge < -0.3 is 15.6 Å². The molecule has 1 fully saturated rings. The maximum atomic E-state index is 5.66. The van der Waals surface area contributed by atoms with Crippen molar-refractivity contribution in [3.8, 4) is 0 Å². The lowest BCUT2D eigenvalue weighted by Crippen LogP contribution is -2.38. The fourth-order valence-corrected chi connectivity index (χ4v) is 1.88. The molecule has 13 heavy (non-hydrogen) atoms. The summed E-state index contributed by atoms with van der Waals surface area (Å²) in [5.41, 5.74) is 5.66. The molecule has 1 aliphatic heterocycles. The molecule has 4 heteroatoms. The number of nitrogens with zero attached hydrogens (tertiary/aromatic N) is 2. The SMILES string of the molecule is NCC1CCCN(c2ncc[nH]2)C1. The summed E-state index contributed by atoms with van der Waals surface area (Å²) < 4.78 is 0. The molecular formula is C9H16N4. The summed E-state index contributed by atoms with van der Waals surface area (Å²) in [6.07, 6.45) is 6.14. The Balaban J connectivity index is 2.00. The molecule has 1 aromatic heterocycles. The van der Waals surface area contributed by atoms with Crippen molar-refractivity contribution in [2.24, 2.45) is 11.7 Å². The molecule has 0 bridgehead atoms. The van der Waals surface area contributed by atoms with E-state index < -0.39 is 0 Å². The highest BCUT2D eigenvalue weighted by Crippen LogP contribution is 2.18. The van der Waals surface area contributed by atoms with Gasteiger partial charge in [0.25, 0.3) is 0 Å². The zero-order valence-corrected chi connectivity index (χ0v) is 7.74. The largest absolute Gasteiger partial charge is 0.342 e. The van der Waals surface area contributed by atoms with Gasteiger partial charge in [-0.2, -0.15) is 0 Å². The minimum Gasteiger partial charge on any atom is -0.342 e. The third-order valence-electron chi connectivity index (χ3n) is 2.64. The number of anilines is 1. The van der Waals surface area contributed by atoms with E-state index in [0.717, 1.165) is 25.6 Å². The van der Waals surface area contributed by atoms with Crippen LogP contribution in [0.25, 0.3) is 0 Å². The number of aromatic nitrogens is 2. The third kappa shape index (κ3) is 1.83. The maximum Gasteiger partial charge on any atom is 0.202 e. The molecule has 0 saturated carbocycles. The van der Waals surface area contributed by atoms with Crippen molar-refractivity contribution < 1.29 is 0 Å². The van der Waals surface area contributed by atoms with E-state index in [1.165, 1.54) is 12.8 Å². The zero-order valence-electron chi connectivity index (χ0n) is 7.74. The van der Waals surface area contributed by atoms with Crippen molar-refractivity contribution in [3.05, 3.63) is 12.4 Å². The van der Waals surface area contributed by atoms with Crippen LogP contribution in [0.2, 0.25) is 0 Å². The third-order valence-corrected chi connectivity index (χ3v) is 2.64. The monoisotopic (exact) mass is 180 g/mol. The van der Waals surface area contributed by atoms with Crippen molar-refractivity contribution in [2.75, 3.05) is 24.5 Å². The molecule has 1 atom stereocenters. The molecule has 4 nitrogen and oxygen atoms in total. The number of hydrogen-bond acceptors (Lipinski definition) is 3. The second-order valence-electron chi connectivity index (χ2n) is 3.60. The molecule has 0 radical (unpaired) electrons. The van der Waals surface area contributed by atoms with Gasteiger partial charge in [-0.05, 0) is 25.3 Å². The number of nitrogens with one attached hydrogen (secondary N) is 1. The molecule has 1 unspecified atom stereocenters. The molecule has 2 heterocycles. The van der Waals surface area contributed by atoms with Gasteiger partial charge in [-0.1, -0.05) is 0 Å². The molecule has 1 aliphatic rings. The first-order valence-electron chi connectivity index (χ1n) is 4.84. The summed E-state index contributed by atoms with van der Waals surface area (Å²) in [7, 11) is 0. The van der Waals surface area contributed by atoms with Crippen LogP contribution in [0.4, 0.5) is 5.95 Å². The van der Waals surface area contributed by atoms with Crippen molar-refractivity contribution in [3.63, 3.8) is 0 Å². The number of aromatic amines is 1. The molecule has 72 valence electrons. The molecular weight excluding hydrogens is 164 g/mol. The van der Waals surface area contributed by atoms with Crippen LogP contribution in [0, 0.1) is 5.92 Å². The standard InChI is InChI=1S/C9H16N4/c10-6-8-2-1-5-13(7-8)9-11-3-4-12-9/h3-4,8H,1-2,5-7,10H2,(H,11,12). The Morgan fingerprint density at radius 2 is 2.62 bits per heavy atom. The molecule has 0 aromatic carbocycles. The van der Waals surface area contributed by atoms with E-state index in [1.807, 2.05) is 6.20 Å². The first kappa shape index (κ1) is 8.56. The van der Waals surface area contributed by atoms with Crippen molar-refractivity contribution in [1.29, 1.82) is 0 Å². The Morgan fingerprint density at radius 3 is 3.31 bits per heavy atom. The highest BCUT2D eigenvalue weighted by Gasteiger charge is 2.19. The predicted molar refractivity (Wildman–Crippen MR) is 52.6 cm³/mol. The summed E-state index contributed by atoms with van der Waals surface area (Å²) in [5, 5.41) is 0. The maximum absolute atomic E-state index is 5.66. The Labute approximate surface area is 78.1 Å². The summed E-state index contributed by atoms with van der Waals surface area (Å²) in [4.78, 5) is 9.64. The highest BCUT2D eigenvalue weighted by molar-refractivity contribution is 5.29. The Bertz CT molecular complexity index is 244. The molecule has 3 N–H and O–H groups in total. The lowest BCUT2D eigenvalue weighted by molar-refractivity contribution is 0.420. The van der Waals surface area contributed by atoms with Crippen molar-refractivity contribution in [1.82, 2.24) is 9.97 Å². The summed E-state index contributed by atoms with van der Waals surface area (Å²) in [5.74, 6) is 1.62. The minimum absolute atomic E-state index is 0.638. The van der Waals surface area contributed by atoms with Gasteiger partial charge in [-0.25, -0.2) is 4.98 Å². The van der Waals surface area contributed by atoms with E-state index in [-0.39, 0.29) is 0 Å². The summed E-state index contributed by atoms with van der Waals surface area (Å²) in [6.45, 7) is 2.94. The van der Waals surface area contributed by atoms with Gasteiger partial charge in [0.15, 0.2) is 0 Å². The second kappa shape index (κ2) is 3.79. The van der Waals surface area contributed by atoms with E-state index in [4.69, 9.17) is 5.73 Å². The molecule has 0 amide bonds. The second-order valence-corrected chi connectivity index (χ2v) is 3.60. The molecule has 1 aromatic rings. The van der Waals surface area contributed by atoms with Crippen molar-refractivity contribution >= 4 is 5.95 Å². The number of piperidine rings is 1. The Morgan fingerprint density at radius 1 is 1.69 bits per heavy atom. The first-order valence-corrected chi connectivity index (χ1v) is 4.84. The van der Waals surface area contributed by atoms with Gasteiger partial charge >= 0.3 is 0 Å². The van der Waals surface area contributed by atoms with Gasteiger partial charge in [0.2, 0.25) is 5.95 Å². The Kier molecular flexibility index (Phi) is 2.49. The number of rotatable bonds is 2. The van der Waals surface area contributed by atoms with E-state index in [0.29, 0.717) is 5.92 Å². The van der Waals surface area contributed by atoms with E-state index in [1.54, 1.807) is 6.20 Å². The van der Waals surface area contributed by atoms with Gasteiger partial charge in [-0.3, -0.25) is 0 Å². The average Bonchev–Trinajstić information content (AvgIpc) is 2.71. The van der Waals surface area contributed by atoms with Gasteiger partial charge in [-0.15, -0.1) is 0 Å². The minimum atomic E-state index is 0.638. The van der Waals surface area contributed by atoms with E-state index in [9.17, 15) is 0 Å². The lowest BCUT2D eigenvalue weighted by atomic mass is 9.99. The fourth-order valence-electron chi connectivity index (χ4n) is 1.88. The smallest absolute Gasteiger partial charge is 0.202 e. The lowest BCUT2D eigenvalue weighted by Gasteiger charge is -2.31. The summed E-state index contributed by atoms with van der Waals surface area (Å²) in [6, 6.07) is 0. The zero-order chi connectivity index (χ0) is 9.10. The number of H-pyrrole nitrogens is 1. The normalized spacial score (nSPS) is 23.5. The number of imidazole rings is 1. The van der Waals surface area contributed by atoms with Crippen LogP contribution < -0.4 is 10.6 Å². The van der Waals surface area contributed by atoms with Crippen LogP contribution in [-0.2, 0) is 0 Å². The van der Waals surface area contributed by atoms with Gasteiger partial charge in [0, 0.05) is 25.5 Å². The van der Waals surface area contributed by atoms with E-state index in [2.05, 4.69) is 14.9 Å². The predicted octanol–water partition coefficient (Wildman–Crippen LogP) is 0.585. The van der Waals surface area contributed by atoms with Gasteiger partial charge in [0.1, 0.15) is 0 Å². The van der Waals surface area contributed by atoms with Crippen LogP contribution in [0.3, 0.4) is 0 Å². The first-order chi connectivity index (χ1) is 6.40. The fraction of sp³-hybridized carbons (Fsp3) is 0.667. The molecule has 2 rings (SSSR count). The average molecular weight is 180 g/mol. The van der Waals surface area contributed by atoms with Crippen LogP contribution in [0.15, 0.2) is 12.4 Å². The van der Waals surface area contributed by atoms with Crippen LogP contribution in [0.1, 0.15) is 12.8 Å². The quantitative estimate of drug-likeness (QED) is 0.700. The van der Waals surface area contributed by atoms with Crippen LogP contribution in [-0.4, -0.2) is 29.6 Å². The van der Waals surface area contributed by atoms with E-state index >= 15 is 0 Å². The van der Waals surface area contributed by atoms with Crippen LogP contribution >= 0.6 is 0 Å². The number of hydrogen-bond donors (Lipinski definition) is 2. The van der Waals surface area contributed by atoms with Crippen LogP contribution in [0.5, 0.6) is 0 Å². The van der Waals surface area contributed by atoms with Gasteiger partial charge in [0.05, 0.1) is 0 Å². The molecule has 0 aliphatic carbocycles.